The molecule has 0 aromatic heterocycles. The first-order chi connectivity index (χ1) is 10.1. The number of hydrogen-bond donors (Lipinski definition) is 0. The lowest BCUT2D eigenvalue weighted by molar-refractivity contribution is -0.161. The van der Waals surface area contributed by atoms with Crippen molar-refractivity contribution in [3.63, 3.8) is 0 Å². The first-order valence-electron chi connectivity index (χ1n) is 8.90. The Morgan fingerprint density at radius 1 is 1.05 bits per heavy atom. The Bertz CT molecular complexity index is 282. The predicted octanol–water partition coefficient (Wildman–Crippen LogP) is 4.73. The largest absolute Gasteiger partial charge is 0.460 e. The van der Waals surface area contributed by atoms with Gasteiger partial charge in [0.15, 0.2) is 0 Å². The van der Waals surface area contributed by atoms with Crippen molar-refractivity contribution in [2.24, 2.45) is 11.8 Å². The molecule has 3 heteroatoms. The fourth-order valence-electron chi connectivity index (χ4n) is 3.14. The van der Waals surface area contributed by atoms with Crippen LogP contribution in [0.25, 0.3) is 0 Å². The van der Waals surface area contributed by atoms with Crippen LogP contribution >= 0.6 is 0 Å². The Morgan fingerprint density at radius 2 is 1.71 bits per heavy atom. The van der Waals surface area contributed by atoms with E-state index < -0.39 is 0 Å². The first-order valence-corrected chi connectivity index (χ1v) is 8.90. The molecule has 1 fully saturated rings. The van der Waals surface area contributed by atoms with Crippen LogP contribution in [0.1, 0.15) is 79.1 Å². The van der Waals surface area contributed by atoms with Gasteiger partial charge in [-0.05, 0) is 52.4 Å². The van der Waals surface area contributed by atoms with Gasteiger partial charge < -0.3 is 9.47 Å². The maximum absolute atomic E-state index is 12.2. The van der Waals surface area contributed by atoms with Crippen LogP contribution in [0.2, 0.25) is 0 Å². The number of ether oxygens (including phenoxy) is 2. The molecule has 0 saturated heterocycles. The van der Waals surface area contributed by atoms with E-state index in [0.29, 0.717) is 6.61 Å². The second-order valence-corrected chi connectivity index (χ2v) is 6.52. The molecule has 1 rings (SSSR count). The van der Waals surface area contributed by atoms with Gasteiger partial charge in [-0.15, -0.1) is 0 Å². The summed E-state index contributed by atoms with van der Waals surface area (Å²) in [4.78, 5) is 12.2. The maximum atomic E-state index is 12.2. The molecule has 124 valence electrons. The summed E-state index contributed by atoms with van der Waals surface area (Å²) in [6.45, 7) is 8.76. The van der Waals surface area contributed by atoms with Crippen LogP contribution in [-0.2, 0) is 14.3 Å². The summed E-state index contributed by atoms with van der Waals surface area (Å²) in [5, 5.41) is 0. The normalized spacial score (nSPS) is 25.3. The smallest absolute Gasteiger partial charge is 0.309 e. The van der Waals surface area contributed by atoms with Gasteiger partial charge in [0.25, 0.3) is 0 Å². The second kappa shape index (κ2) is 10.2. The molecule has 21 heavy (non-hydrogen) atoms. The van der Waals surface area contributed by atoms with Crippen molar-refractivity contribution in [1.82, 2.24) is 0 Å². The van der Waals surface area contributed by atoms with Gasteiger partial charge in [-0.1, -0.05) is 32.6 Å². The van der Waals surface area contributed by atoms with Crippen LogP contribution in [0.15, 0.2) is 0 Å². The quantitative estimate of drug-likeness (QED) is 0.456. The number of rotatable bonds is 9. The molecule has 1 saturated carbocycles. The highest BCUT2D eigenvalue weighted by molar-refractivity contribution is 5.72. The SMILES string of the molecule is CCCCC[C@H]1CC[C@H](C(=O)OC(C)C(C)OCC)CC1. The van der Waals surface area contributed by atoms with Gasteiger partial charge in [-0.25, -0.2) is 0 Å². The molecule has 1 aliphatic rings. The standard InChI is InChI=1S/C18H34O3/c1-5-7-8-9-16-10-12-17(13-11-16)18(19)21-15(4)14(3)20-6-2/h14-17H,5-13H2,1-4H3/t14?,15?,16-,17-. The van der Waals surface area contributed by atoms with Gasteiger partial charge in [-0.3, -0.25) is 4.79 Å². The monoisotopic (exact) mass is 298 g/mol. The maximum Gasteiger partial charge on any atom is 0.309 e. The van der Waals surface area contributed by atoms with Gasteiger partial charge in [-0.2, -0.15) is 0 Å². The molecule has 0 amide bonds. The van der Waals surface area contributed by atoms with E-state index in [4.69, 9.17) is 9.47 Å². The van der Waals surface area contributed by atoms with Crippen molar-refractivity contribution in [3.05, 3.63) is 0 Å². The summed E-state index contributed by atoms with van der Waals surface area (Å²) < 4.78 is 11.1. The molecule has 2 unspecified atom stereocenters. The van der Waals surface area contributed by atoms with Crippen molar-refractivity contribution in [1.29, 1.82) is 0 Å². The van der Waals surface area contributed by atoms with Gasteiger partial charge in [0, 0.05) is 6.61 Å². The van der Waals surface area contributed by atoms with Gasteiger partial charge >= 0.3 is 5.97 Å². The molecular weight excluding hydrogens is 264 g/mol. The number of carbonyl (C=O) groups is 1. The third-order valence-electron chi connectivity index (χ3n) is 4.79. The molecule has 0 aliphatic heterocycles. The predicted molar refractivity (Wildman–Crippen MR) is 86.2 cm³/mol. The lowest BCUT2D eigenvalue weighted by Gasteiger charge is -2.29. The van der Waals surface area contributed by atoms with Crippen molar-refractivity contribution in [3.8, 4) is 0 Å². The molecule has 0 heterocycles. The molecule has 2 atom stereocenters. The van der Waals surface area contributed by atoms with Gasteiger partial charge in [0.2, 0.25) is 0 Å². The lowest BCUT2D eigenvalue weighted by Crippen LogP contribution is -2.32. The molecule has 0 N–H and O–H groups in total. The molecule has 1 aliphatic carbocycles. The second-order valence-electron chi connectivity index (χ2n) is 6.52. The molecule has 3 nitrogen and oxygen atoms in total. The Kier molecular flexibility index (Phi) is 8.98. The van der Waals surface area contributed by atoms with Gasteiger partial charge in [0.05, 0.1) is 12.0 Å². The average Bonchev–Trinajstić information content (AvgIpc) is 2.48. The number of esters is 1. The Hall–Kier alpha value is -0.570. The minimum atomic E-state index is -0.153. The number of carbonyl (C=O) groups excluding carboxylic acids is 1. The fourth-order valence-corrected chi connectivity index (χ4v) is 3.14. The van der Waals surface area contributed by atoms with E-state index in [2.05, 4.69) is 6.92 Å². The minimum Gasteiger partial charge on any atom is -0.460 e. The van der Waals surface area contributed by atoms with Crippen molar-refractivity contribution in [2.75, 3.05) is 6.61 Å². The molecule has 0 aromatic carbocycles. The Morgan fingerprint density at radius 3 is 2.29 bits per heavy atom. The number of hydrogen-bond acceptors (Lipinski definition) is 3. The van der Waals surface area contributed by atoms with Crippen LogP contribution < -0.4 is 0 Å². The zero-order valence-corrected chi connectivity index (χ0v) is 14.4. The highest BCUT2D eigenvalue weighted by atomic mass is 16.6. The first kappa shape index (κ1) is 18.5. The van der Waals surface area contributed by atoms with Gasteiger partial charge in [0.1, 0.15) is 6.10 Å². The third-order valence-corrected chi connectivity index (χ3v) is 4.79. The van der Waals surface area contributed by atoms with E-state index in [9.17, 15) is 4.79 Å². The van der Waals surface area contributed by atoms with Crippen molar-refractivity contribution < 1.29 is 14.3 Å². The Balaban J connectivity index is 2.25. The summed E-state index contributed by atoms with van der Waals surface area (Å²) in [5.74, 6) is 0.935. The van der Waals surface area contributed by atoms with Crippen LogP contribution in [0.4, 0.5) is 0 Å². The van der Waals surface area contributed by atoms with E-state index in [-0.39, 0.29) is 24.1 Å². The summed E-state index contributed by atoms with van der Waals surface area (Å²) in [7, 11) is 0. The summed E-state index contributed by atoms with van der Waals surface area (Å²) in [5.41, 5.74) is 0. The van der Waals surface area contributed by atoms with Crippen molar-refractivity contribution in [2.45, 2.75) is 91.3 Å². The summed E-state index contributed by atoms with van der Waals surface area (Å²) in [6, 6.07) is 0. The number of unbranched alkanes of at least 4 members (excludes halogenated alkanes) is 2. The van der Waals surface area contributed by atoms with Crippen LogP contribution in [-0.4, -0.2) is 24.8 Å². The third kappa shape index (κ3) is 6.82. The molecule has 0 aromatic rings. The molecule has 0 bridgehead atoms. The van der Waals surface area contributed by atoms with E-state index in [1.54, 1.807) is 0 Å². The molecular formula is C18H34O3. The zero-order valence-electron chi connectivity index (χ0n) is 14.4. The van der Waals surface area contributed by atoms with E-state index in [0.717, 1.165) is 18.8 Å². The molecule has 0 radical (unpaired) electrons. The topological polar surface area (TPSA) is 35.5 Å². The fraction of sp³-hybridized carbons (Fsp3) is 0.944. The average molecular weight is 298 g/mol. The van der Waals surface area contributed by atoms with E-state index in [1.165, 1.54) is 38.5 Å². The van der Waals surface area contributed by atoms with Crippen LogP contribution in [0, 0.1) is 11.8 Å². The lowest BCUT2D eigenvalue weighted by atomic mass is 9.80. The highest BCUT2D eigenvalue weighted by Gasteiger charge is 2.29. The van der Waals surface area contributed by atoms with E-state index in [1.807, 2.05) is 20.8 Å². The zero-order chi connectivity index (χ0) is 15.7. The summed E-state index contributed by atoms with van der Waals surface area (Å²) in [6.07, 6.45) is 9.54. The van der Waals surface area contributed by atoms with Crippen LogP contribution in [0.3, 0.4) is 0 Å². The minimum absolute atomic E-state index is 0.0129. The summed E-state index contributed by atoms with van der Waals surface area (Å²) >= 11 is 0. The van der Waals surface area contributed by atoms with Crippen molar-refractivity contribution >= 4 is 5.97 Å². The van der Waals surface area contributed by atoms with E-state index >= 15 is 0 Å². The Labute approximate surface area is 130 Å². The highest BCUT2D eigenvalue weighted by Crippen LogP contribution is 2.33. The van der Waals surface area contributed by atoms with Crippen LogP contribution in [0.5, 0.6) is 0 Å². The molecule has 0 spiro atoms.